The molecule has 0 bridgehead atoms. The fourth-order valence-corrected chi connectivity index (χ4v) is 3.05. The number of benzene rings is 2. The molecule has 0 spiro atoms. The van der Waals surface area contributed by atoms with Crippen molar-refractivity contribution in [2.45, 2.75) is 12.8 Å². The van der Waals surface area contributed by atoms with Gasteiger partial charge < -0.3 is 20.5 Å². The van der Waals surface area contributed by atoms with E-state index in [1.165, 1.54) is 18.2 Å². The first-order valence-corrected chi connectivity index (χ1v) is 9.81. The van der Waals surface area contributed by atoms with Crippen LogP contribution in [-0.2, 0) is 0 Å². The van der Waals surface area contributed by atoms with E-state index in [4.69, 9.17) is 28.3 Å². The zero-order chi connectivity index (χ0) is 22.4. The van der Waals surface area contributed by atoms with Crippen molar-refractivity contribution >= 4 is 40.7 Å². The van der Waals surface area contributed by atoms with Crippen molar-refractivity contribution in [2.24, 2.45) is 0 Å². The van der Waals surface area contributed by atoms with E-state index in [2.05, 4.69) is 25.3 Å². The summed E-state index contributed by atoms with van der Waals surface area (Å²) in [6, 6.07) is 11.9. The van der Waals surface area contributed by atoms with E-state index < -0.39 is 6.36 Å². The lowest BCUT2D eigenvalue weighted by molar-refractivity contribution is -0.274. The average molecular weight is 473 g/mol. The second-order valence-corrected chi connectivity index (χ2v) is 7.13. The SMILES string of the molecule is OCCCNc1nc(Nc2ccc(Cl)cc2Cl)cc(-c2cccc(OC(F)(F)F)c2)n1. The van der Waals surface area contributed by atoms with E-state index in [1.54, 1.807) is 30.3 Å². The van der Waals surface area contributed by atoms with Gasteiger partial charge in [0, 0.05) is 29.8 Å². The maximum Gasteiger partial charge on any atom is 0.573 e. The highest BCUT2D eigenvalue weighted by Gasteiger charge is 2.31. The monoisotopic (exact) mass is 472 g/mol. The van der Waals surface area contributed by atoms with Crippen molar-refractivity contribution in [1.29, 1.82) is 0 Å². The van der Waals surface area contributed by atoms with Crippen LogP contribution in [0.4, 0.5) is 30.6 Å². The van der Waals surface area contributed by atoms with E-state index >= 15 is 0 Å². The number of hydrogen-bond donors (Lipinski definition) is 3. The molecule has 0 unspecified atom stereocenters. The molecule has 0 aliphatic heterocycles. The maximum absolute atomic E-state index is 12.6. The first-order valence-electron chi connectivity index (χ1n) is 9.05. The van der Waals surface area contributed by atoms with Crippen molar-refractivity contribution < 1.29 is 23.0 Å². The number of anilines is 3. The van der Waals surface area contributed by atoms with Crippen molar-refractivity contribution in [3.63, 3.8) is 0 Å². The Morgan fingerprint density at radius 1 is 1.03 bits per heavy atom. The third-order valence-corrected chi connectivity index (χ3v) is 4.45. The number of halogens is 5. The summed E-state index contributed by atoms with van der Waals surface area (Å²) < 4.78 is 41.7. The predicted molar refractivity (Wildman–Crippen MR) is 114 cm³/mol. The van der Waals surface area contributed by atoms with E-state index in [9.17, 15) is 13.2 Å². The Morgan fingerprint density at radius 2 is 1.84 bits per heavy atom. The number of aliphatic hydroxyl groups is 1. The fourth-order valence-electron chi connectivity index (χ4n) is 2.60. The molecule has 2 aromatic carbocycles. The van der Waals surface area contributed by atoms with Gasteiger partial charge in [-0.1, -0.05) is 35.3 Å². The molecule has 0 saturated carbocycles. The van der Waals surface area contributed by atoms with Gasteiger partial charge in [-0.15, -0.1) is 13.2 Å². The van der Waals surface area contributed by atoms with Crippen LogP contribution in [0.15, 0.2) is 48.5 Å². The third-order valence-electron chi connectivity index (χ3n) is 3.90. The molecule has 0 atom stereocenters. The fraction of sp³-hybridized carbons (Fsp3) is 0.200. The minimum absolute atomic E-state index is 0.0188. The lowest BCUT2D eigenvalue weighted by atomic mass is 10.1. The van der Waals surface area contributed by atoms with E-state index in [1.807, 2.05) is 0 Å². The number of rotatable bonds is 8. The van der Waals surface area contributed by atoms with Gasteiger partial charge in [-0.2, -0.15) is 4.98 Å². The minimum Gasteiger partial charge on any atom is -0.406 e. The summed E-state index contributed by atoms with van der Waals surface area (Å²) in [5.74, 6) is 0.206. The number of nitrogens with zero attached hydrogens (tertiary/aromatic N) is 2. The molecule has 0 saturated heterocycles. The molecule has 31 heavy (non-hydrogen) atoms. The lowest BCUT2D eigenvalue weighted by Gasteiger charge is -2.13. The van der Waals surface area contributed by atoms with Crippen LogP contribution in [0.2, 0.25) is 10.0 Å². The zero-order valence-corrected chi connectivity index (χ0v) is 17.4. The molecule has 3 rings (SSSR count). The molecule has 0 amide bonds. The van der Waals surface area contributed by atoms with Gasteiger partial charge in [-0.25, -0.2) is 4.98 Å². The van der Waals surface area contributed by atoms with Gasteiger partial charge in [0.25, 0.3) is 0 Å². The molecular weight excluding hydrogens is 456 g/mol. The standard InChI is InChI=1S/C20H17Cl2F3N4O2/c21-13-5-6-16(15(22)10-13)27-18-11-17(28-19(29-18)26-7-2-8-30)12-3-1-4-14(9-12)31-20(23,24)25/h1,3-6,9-11,30H,2,7-8H2,(H2,26,27,28,29). The third kappa shape index (κ3) is 6.88. The summed E-state index contributed by atoms with van der Waals surface area (Å²) in [4.78, 5) is 8.71. The van der Waals surface area contributed by atoms with Gasteiger partial charge in [-0.3, -0.25) is 0 Å². The van der Waals surface area contributed by atoms with Crippen molar-refractivity contribution in [2.75, 3.05) is 23.8 Å². The smallest absolute Gasteiger partial charge is 0.406 e. The number of alkyl halides is 3. The Morgan fingerprint density at radius 3 is 2.55 bits per heavy atom. The van der Waals surface area contributed by atoms with Crippen LogP contribution in [0.3, 0.4) is 0 Å². The maximum atomic E-state index is 12.6. The Kier molecular flexibility index (Phi) is 7.42. The normalized spacial score (nSPS) is 11.3. The second kappa shape index (κ2) is 10.0. The molecule has 0 aliphatic carbocycles. The highest BCUT2D eigenvalue weighted by molar-refractivity contribution is 6.36. The summed E-state index contributed by atoms with van der Waals surface area (Å²) in [7, 11) is 0. The molecule has 164 valence electrons. The Balaban J connectivity index is 1.96. The van der Waals surface area contributed by atoms with Gasteiger partial charge in [0.2, 0.25) is 5.95 Å². The van der Waals surface area contributed by atoms with E-state index in [-0.39, 0.29) is 18.3 Å². The van der Waals surface area contributed by atoms with Gasteiger partial charge in [0.15, 0.2) is 0 Å². The average Bonchev–Trinajstić information content (AvgIpc) is 2.69. The molecule has 11 heteroatoms. The highest BCUT2D eigenvalue weighted by Crippen LogP contribution is 2.31. The Labute approximate surface area is 186 Å². The molecule has 0 fully saturated rings. The van der Waals surface area contributed by atoms with Crippen LogP contribution in [0, 0.1) is 0 Å². The molecular formula is C20H17Cl2F3N4O2. The van der Waals surface area contributed by atoms with Gasteiger partial charge in [0.1, 0.15) is 11.6 Å². The number of hydrogen-bond acceptors (Lipinski definition) is 6. The first kappa shape index (κ1) is 22.9. The number of ether oxygens (including phenoxy) is 1. The van der Waals surface area contributed by atoms with Crippen LogP contribution in [-0.4, -0.2) is 34.6 Å². The topological polar surface area (TPSA) is 79.3 Å². The molecule has 1 aromatic heterocycles. The predicted octanol–water partition coefficient (Wildman–Crippen LogP) is 5.89. The molecule has 0 radical (unpaired) electrons. The van der Waals surface area contributed by atoms with Crippen molar-refractivity contribution in [3.05, 3.63) is 58.6 Å². The summed E-state index contributed by atoms with van der Waals surface area (Å²) >= 11 is 12.1. The van der Waals surface area contributed by atoms with E-state index in [0.29, 0.717) is 45.8 Å². The van der Waals surface area contributed by atoms with E-state index in [0.717, 1.165) is 0 Å². The van der Waals surface area contributed by atoms with Gasteiger partial charge in [0.05, 0.1) is 16.4 Å². The molecule has 6 nitrogen and oxygen atoms in total. The van der Waals surface area contributed by atoms with Crippen molar-refractivity contribution in [3.8, 4) is 17.0 Å². The summed E-state index contributed by atoms with van der Waals surface area (Å²) in [5, 5.41) is 15.8. The largest absolute Gasteiger partial charge is 0.573 e. The number of aromatic nitrogens is 2. The molecule has 3 aromatic rings. The highest BCUT2D eigenvalue weighted by atomic mass is 35.5. The number of aliphatic hydroxyl groups excluding tert-OH is 1. The Bertz CT molecular complexity index is 1050. The second-order valence-electron chi connectivity index (χ2n) is 6.29. The van der Waals surface area contributed by atoms with Crippen LogP contribution in [0.25, 0.3) is 11.3 Å². The Hall–Kier alpha value is -2.75. The summed E-state index contributed by atoms with van der Waals surface area (Å²) in [6.45, 7) is 0.382. The quantitative estimate of drug-likeness (QED) is 0.355. The van der Waals surface area contributed by atoms with Crippen LogP contribution in [0.5, 0.6) is 5.75 Å². The van der Waals surface area contributed by atoms with Gasteiger partial charge in [-0.05, 0) is 36.8 Å². The summed E-state index contributed by atoms with van der Waals surface area (Å²) in [6.07, 6.45) is -4.34. The minimum atomic E-state index is -4.81. The molecule has 0 aliphatic rings. The lowest BCUT2D eigenvalue weighted by Crippen LogP contribution is -2.17. The zero-order valence-electron chi connectivity index (χ0n) is 15.9. The molecule has 3 N–H and O–H groups in total. The first-order chi connectivity index (χ1) is 14.7. The van der Waals surface area contributed by atoms with Crippen LogP contribution in [0.1, 0.15) is 6.42 Å². The summed E-state index contributed by atoms with van der Waals surface area (Å²) in [5.41, 5.74) is 1.27. The van der Waals surface area contributed by atoms with Crippen molar-refractivity contribution in [1.82, 2.24) is 9.97 Å². The number of nitrogens with one attached hydrogen (secondary N) is 2. The van der Waals surface area contributed by atoms with Crippen LogP contribution < -0.4 is 15.4 Å². The van der Waals surface area contributed by atoms with Crippen LogP contribution >= 0.6 is 23.2 Å². The molecule has 1 heterocycles. The van der Waals surface area contributed by atoms with Gasteiger partial charge >= 0.3 is 6.36 Å².